The van der Waals surface area contributed by atoms with E-state index in [-0.39, 0.29) is 6.61 Å². The van der Waals surface area contributed by atoms with Crippen molar-refractivity contribution in [2.45, 2.75) is 6.10 Å². The van der Waals surface area contributed by atoms with Crippen molar-refractivity contribution in [2.24, 2.45) is 0 Å². The van der Waals surface area contributed by atoms with E-state index < -0.39 is 6.10 Å². The molecular formula is C14H21N3O2. The smallest absolute Gasteiger partial charge is 0.119 e. The Hall–Kier alpha value is -1.61. The molecule has 0 aliphatic heterocycles. The second-order valence-corrected chi connectivity index (χ2v) is 4.61. The maximum Gasteiger partial charge on any atom is 0.119 e. The number of ether oxygens (including phenoxy) is 1. The van der Waals surface area contributed by atoms with E-state index in [0.29, 0.717) is 17.9 Å². The molecule has 5 heteroatoms. The van der Waals surface area contributed by atoms with Gasteiger partial charge in [0.1, 0.15) is 18.5 Å². The number of aliphatic hydroxyl groups is 1. The molecule has 1 atom stereocenters. The average molecular weight is 263 g/mol. The maximum atomic E-state index is 9.72. The number of nitriles is 1. The Balaban J connectivity index is 2.18. The normalized spacial score (nSPS) is 12.2. The van der Waals surface area contributed by atoms with Gasteiger partial charge in [0.2, 0.25) is 0 Å². The fraction of sp³-hybridized carbons (Fsp3) is 0.500. The van der Waals surface area contributed by atoms with Crippen molar-refractivity contribution in [3.05, 3.63) is 29.8 Å². The second-order valence-electron chi connectivity index (χ2n) is 4.61. The van der Waals surface area contributed by atoms with Crippen LogP contribution in [-0.4, -0.2) is 56.4 Å². The summed E-state index contributed by atoms with van der Waals surface area (Å²) in [6.45, 7) is 2.51. The lowest BCUT2D eigenvalue weighted by Crippen LogP contribution is -2.35. The minimum atomic E-state index is -0.544. The van der Waals surface area contributed by atoms with Gasteiger partial charge in [0, 0.05) is 19.6 Å². The number of rotatable bonds is 8. The fourth-order valence-electron chi connectivity index (χ4n) is 1.45. The monoisotopic (exact) mass is 263 g/mol. The molecule has 2 N–H and O–H groups in total. The van der Waals surface area contributed by atoms with E-state index in [4.69, 9.17) is 10.00 Å². The molecule has 0 bridgehead atoms. The standard InChI is InChI=1S/C14H21N3O2/c1-17(2)8-7-16-10-13(18)11-19-14-5-3-12(9-15)4-6-14/h3-6,13,16,18H,7-8,10-11H2,1-2H3. The first-order valence-corrected chi connectivity index (χ1v) is 6.28. The van der Waals surface area contributed by atoms with Gasteiger partial charge in [-0.3, -0.25) is 0 Å². The zero-order valence-corrected chi connectivity index (χ0v) is 11.5. The highest BCUT2D eigenvalue weighted by molar-refractivity contribution is 5.34. The third-order valence-electron chi connectivity index (χ3n) is 2.54. The van der Waals surface area contributed by atoms with Gasteiger partial charge < -0.3 is 20.1 Å². The maximum absolute atomic E-state index is 9.72. The fourth-order valence-corrected chi connectivity index (χ4v) is 1.45. The Morgan fingerprint density at radius 2 is 2.05 bits per heavy atom. The van der Waals surface area contributed by atoms with Crippen LogP contribution in [0.3, 0.4) is 0 Å². The van der Waals surface area contributed by atoms with Crippen molar-refractivity contribution in [3.63, 3.8) is 0 Å². The Kier molecular flexibility index (Phi) is 6.90. The van der Waals surface area contributed by atoms with Crippen LogP contribution in [-0.2, 0) is 0 Å². The highest BCUT2D eigenvalue weighted by Crippen LogP contribution is 2.11. The van der Waals surface area contributed by atoms with E-state index in [1.54, 1.807) is 24.3 Å². The van der Waals surface area contributed by atoms with E-state index >= 15 is 0 Å². The molecule has 0 fully saturated rings. The summed E-state index contributed by atoms with van der Waals surface area (Å²) in [6.07, 6.45) is -0.544. The minimum absolute atomic E-state index is 0.237. The van der Waals surface area contributed by atoms with E-state index in [1.165, 1.54) is 0 Å². The first-order chi connectivity index (χ1) is 9.11. The molecule has 0 aliphatic carbocycles. The van der Waals surface area contributed by atoms with Gasteiger partial charge in [-0.15, -0.1) is 0 Å². The van der Waals surface area contributed by atoms with Gasteiger partial charge >= 0.3 is 0 Å². The summed E-state index contributed by atoms with van der Waals surface area (Å²) in [7, 11) is 4.01. The van der Waals surface area contributed by atoms with Crippen molar-refractivity contribution in [1.82, 2.24) is 10.2 Å². The first kappa shape index (κ1) is 15.4. The van der Waals surface area contributed by atoms with Crippen LogP contribution < -0.4 is 10.1 Å². The van der Waals surface area contributed by atoms with Crippen LogP contribution in [0.5, 0.6) is 5.75 Å². The van der Waals surface area contributed by atoms with Crippen LogP contribution in [0.15, 0.2) is 24.3 Å². The zero-order valence-electron chi connectivity index (χ0n) is 11.5. The molecule has 5 nitrogen and oxygen atoms in total. The molecule has 1 aromatic rings. The largest absolute Gasteiger partial charge is 0.491 e. The Morgan fingerprint density at radius 1 is 1.37 bits per heavy atom. The topological polar surface area (TPSA) is 68.5 Å². The van der Waals surface area contributed by atoms with Crippen molar-refractivity contribution >= 4 is 0 Å². The minimum Gasteiger partial charge on any atom is -0.491 e. The van der Waals surface area contributed by atoms with Gasteiger partial charge in [-0.1, -0.05) is 0 Å². The number of benzene rings is 1. The van der Waals surface area contributed by atoms with Gasteiger partial charge in [-0.25, -0.2) is 0 Å². The van der Waals surface area contributed by atoms with Crippen LogP contribution in [0, 0.1) is 11.3 Å². The lowest BCUT2D eigenvalue weighted by atomic mass is 10.2. The van der Waals surface area contributed by atoms with E-state index in [1.807, 2.05) is 20.2 Å². The second kappa shape index (κ2) is 8.48. The first-order valence-electron chi connectivity index (χ1n) is 6.28. The number of likely N-dealkylation sites (N-methyl/N-ethyl adjacent to an activating group) is 1. The molecule has 0 spiro atoms. The quantitative estimate of drug-likeness (QED) is 0.667. The Morgan fingerprint density at radius 3 is 2.63 bits per heavy atom. The summed E-state index contributed by atoms with van der Waals surface area (Å²) in [4.78, 5) is 2.08. The molecule has 0 heterocycles. The SMILES string of the molecule is CN(C)CCNCC(O)COc1ccc(C#N)cc1. The predicted molar refractivity (Wildman–Crippen MR) is 74.1 cm³/mol. The Labute approximate surface area is 114 Å². The van der Waals surface area contributed by atoms with Gasteiger partial charge in [-0.05, 0) is 38.4 Å². The van der Waals surface area contributed by atoms with Crippen LogP contribution in [0.1, 0.15) is 5.56 Å². The number of hydrogen-bond acceptors (Lipinski definition) is 5. The third-order valence-corrected chi connectivity index (χ3v) is 2.54. The van der Waals surface area contributed by atoms with Crippen LogP contribution in [0.25, 0.3) is 0 Å². The number of nitrogens with zero attached hydrogens (tertiary/aromatic N) is 2. The highest BCUT2D eigenvalue weighted by Gasteiger charge is 2.04. The number of aliphatic hydroxyl groups excluding tert-OH is 1. The summed E-state index contributed by atoms with van der Waals surface area (Å²) in [5, 5.41) is 21.5. The predicted octanol–water partition coefficient (Wildman–Crippen LogP) is 0.449. The summed E-state index contributed by atoms with van der Waals surface area (Å²) in [6, 6.07) is 8.88. The molecule has 0 amide bonds. The highest BCUT2D eigenvalue weighted by atomic mass is 16.5. The molecule has 0 aromatic heterocycles. The zero-order chi connectivity index (χ0) is 14.1. The van der Waals surface area contributed by atoms with Crippen LogP contribution in [0.2, 0.25) is 0 Å². The van der Waals surface area contributed by atoms with Gasteiger partial charge in [0.05, 0.1) is 11.6 Å². The molecule has 0 aliphatic rings. The van der Waals surface area contributed by atoms with Crippen molar-refractivity contribution in [1.29, 1.82) is 5.26 Å². The molecule has 0 radical (unpaired) electrons. The number of hydrogen-bond donors (Lipinski definition) is 2. The van der Waals surface area contributed by atoms with Gasteiger partial charge in [0.15, 0.2) is 0 Å². The summed E-state index contributed by atoms with van der Waals surface area (Å²) in [5.41, 5.74) is 0.596. The Bertz CT molecular complexity index is 398. The molecule has 1 unspecified atom stereocenters. The molecule has 104 valence electrons. The van der Waals surface area contributed by atoms with Crippen LogP contribution in [0.4, 0.5) is 0 Å². The average Bonchev–Trinajstić information content (AvgIpc) is 2.41. The summed E-state index contributed by atoms with van der Waals surface area (Å²) >= 11 is 0. The number of nitrogens with one attached hydrogen (secondary N) is 1. The molecule has 19 heavy (non-hydrogen) atoms. The molecule has 0 saturated carbocycles. The van der Waals surface area contributed by atoms with Crippen molar-refractivity contribution in [3.8, 4) is 11.8 Å². The van der Waals surface area contributed by atoms with E-state index in [9.17, 15) is 5.11 Å². The van der Waals surface area contributed by atoms with Gasteiger partial charge in [0.25, 0.3) is 0 Å². The van der Waals surface area contributed by atoms with E-state index in [0.717, 1.165) is 13.1 Å². The molecule has 1 rings (SSSR count). The summed E-state index contributed by atoms with van der Waals surface area (Å²) < 4.78 is 5.44. The van der Waals surface area contributed by atoms with Crippen molar-refractivity contribution < 1.29 is 9.84 Å². The summed E-state index contributed by atoms with van der Waals surface area (Å²) in [5.74, 6) is 0.659. The molecule has 0 saturated heterocycles. The molecular weight excluding hydrogens is 242 g/mol. The lowest BCUT2D eigenvalue weighted by Gasteiger charge is -2.14. The molecule has 1 aromatic carbocycles. The third kappa shape index (κ3) is 6.77. The van der Waals surface area contributed by atoms with E-state index in [2.05, 4.69) is 10.2 Å². The van der Waals surface area contributed by atoms with Gasteiger partial charge in [-0.2, -0.15) is 5.26 Å². The lowest BCUT2D eigenvalue weighted by molar-refractivity contribution is 0.106. The van der Waals surface area contributed by atoms with Crippen LogP contribution >= 0.6 is 0 Å². The van der Waals surface area contributed by atoms with Crippen molar-refractivity contribution in [2.75, 3.05) is 40.3 Å².